The van der Waals surface area contributed by atoms with Crippen molar-refractivity contribution in [1.29, 1.82) is 0 Å². The van der Waals surface area contributed by atoms with Gasteiger partial charge < -0.3 is 31.6 Å². The van der Waals surface area contributed by atoms with Gasteiger partial charge in [-0.1, -0.05) is 12.1 Å². The number of H-pyrrole nitrogens is 1. The first kappa shape index (κ1) is 22.8. The third-order valence-electron chi connectivity index (χ3n) is 5.38. The Bertz CT molecular complexity index is 1290. The van der Waals surface area contributed by atoms with E-state index in [2.05, 4.69) is 20.9 Å². The fourth-order valence-corrected chi connectivity index (χ4v) is 3.70. The molecule has 0 atom stereocenters. The summed E-state index contributed by atoms with van der Waals surface area (Å²) >= 11 is 0. The van der Waals surface area contributed by atoms with Crippen LogP contribution in [0.2, 0.25) is 0 Å². The van der Waals surface area contributed by atoms with Gasteiger partial charge in [-0.05, 0) is 67.7 Å². The van der Waals surface area contributed by atoms with Crippen LogP contribution in [-0.4, -0.2) is 54.9 Å². The lowest BCUT2D eigenvalue weighted by molar-refractivity contribution is -0.110. The van der Waals surface area contributed by atoms with Gasteiger partial charge >= 0.3 is 6.03 Å². The zero-order valence-electron chi connectivity index (χ0n) is 18.9. The molecule has 0 saturated heterocycles. The number of benzene rings is 2. The van der Waals surface area contributed by atoms with Crippen molar-refractivity contribution >= 4 is 40.9 Å². The van der Waals surface area contributed by atoms with E-state index in [1.807, 2.05) is 49.5 Å². The Balaban J connectivity index is 1.55. The van der Waals surface area contributed by atoms with Crippen LogP contribution >= 0.6 is 0 Å². The van der Waals surface area contributed by atoms with Gasteiger partial charge in [-0.2, -0.15) is 0 Å². The molecule has 34 heavy (non-hydrogen) atoms. The van der Waals surface area contributed by atoms with Crippen LogP contribution in [0.5, 0.6) is 0 Å². The lowest BCUT2D eigenvalue weighted by Gasteiger charge is -2.10. The van der Waals surface area contributed by atoms with E-state index in [0.717, 1.165) is 23.4 Å². The van der Waals surface area contributed by atoms with Crippen molar-refractivity contribution in [1.82, 2.24) is 15.2 Å². The molecule has 0 saturated carbocycles. The summed E-state index contributed by atoms with van der Waals surface area (Å²) in [5.74, 6) is -0.361. The zero-order chi connectivity index (χ0) is 24.2. The van der Waals surface area contributed by atoms with Gasteiger partial charge in [0, 0.05) is 47.5 Å². The van der Waals surface area contributed by atoms with E-state index in [1.54, 1.807) is 30.3 Å². The fourth-order valence-electron chi connectivity index (χ4n) is 3.70. The lowest BCUT2D eigenvalue weighted by Crippen LogP contribution is -2.31. The number of anilines is 2. The maximum atomic E-state index is 12.5. The molecule has 9 heteroatoms. The van der Waals surface area contributed by atoms with Crippen molar-refractivity contribution in [3.63, 3.8) is 0 Å². The predicted molar refractivity (Wildman–Crippen MR) is 133 cm³/mol. The number of likely N-dealkylation sites (N-methyl/N-ethyl adjacent to an activating group) is 1. The van der Waals surface area contributed by atoms with E-state index in [1.165, 1.54) is 0 Å². The Kier molecular flexibility index (Phi) is 6.46. The van der Waals surface area contributed by atoms with Crippen LogP contribution in [0.1, 0.15) is 21.6 Å². The summed E-state index contributed by atoms with van der Waals surface area (Å²) in [5, 5.41) is 8.26. The maximum absolute atomic E-state index is 12.5. The highest BCUT2D eigenvalue weighted by Gasteiger charge is 2.24. The molecule has 4 amide bonds. The first-order chi connectivity index (χ1) is 16.3. The minimum Gasteiger partial charge on any atom is -0.361 e. The van der Waals surface area contributed by atoms with Crippen molar-refractivity contribution in [3.05, 3.63) is 71.5 Å². The van der Waals surface area contributed by atoms with Crippen LogP contribution in [0.3, 0.4) is 0 Å². The summed E-state index contributed by atoms with van der Waals surface area (Å²) in [4.78, 5) is 41.4. The molecule has 0 unspecified atom stereocenters. The standard InChI is InChI=1S/C25H26N6O3/c1-31(2)9-8-27-23(32)16-5-3-4-15(10-16)17-11-19(28-14-17)13-21-20-12-18(29-25(26)34)6-7-22(20)30-24(21)33/h3-7,10-14,28H,8-9H2,1-2H3,(H,27,32)(H,30,33)(H3,26,29,34)/b21-13-. The van der Waals surface area contributed by atoms with Crippen LogP contribution in [0.25, 0.3) is 22.8 Å². The number of nitrogens with one attached hydrogen (secondary N) is 4. The topological polar surface area (TPSA) is 132 Å². The number of primary amides is 1. The number of carbonyl (C=O) groups excluding carboxylic acids is 3. The van der Waals surface area contributed by atoms with Crippen molar-refractivity contribution in [2.24, 2.45) is 5.73 Å². The Morgan fingerprint density at radius 2 is 1.91 bits per heavy atom. The average molecular weight is 459 g/mol. The van der Waals surface area contributed by atoms with Gasteiger partial charge in [0.15, 0.2) is 0 Å². The van der Waals surface area contributed by atoms with Gasteiger partial charge in [0.1, 0.15) is 0 Å². The second kappa shape index (κ2) is 9.63. The molecule has 0 bridgehead atoms. The summed E-state index contributed by atoms with van der Waals surface area (Å²) in [7, 11) is 3.91. The van der Waals surface area contributed by atoms with Crippen LogP contribution < -0.4 is 21.7 Å². The molecule has 0 spiro atoms. The second-order valence-corrected chi connectivity index (χ2v) is 8.25. The normalized spacial score (nSPS) is 13.6. The van der Waals surface area contributed by atoms with Crippen molar-refractivity contribution in [2.45, 2.75) is 0 Å². The number of hydrogen-bond donors (Lipinski definition) is 5. The first-order valence-electron chi connectivity index (χ1n) is 10.8. The van der Waals surface area contributed by atoms with Crippen molar-refractivity contribution in [2.75, 3.05) is 37.8 Å². The number of amides is 4. The molecule has 2 aromatic carbocycles. The van der Waals surface area contributed by atoms with Crippen LogP contribution in [0.15, 0.2) is 54.7 Å². The van der Waals surface area contributed by atoms with Gasteiger partial charge in [0.05, 0.1) is 5.57 Å². The van der Waals surface area contributed by atoms with Crippen LogP contribution in [0, 0.1) is 0 Å². The fraction of sp³-hybridized carbons (Fsp3) is 0.160. The summed E-state index contributed by atoms with van der Waals surface area (Å²) in [6, 6.07) is 13.7. The van der Waals surface area contributed by atoms with Crippen molar-refractivity contribution < 1.29 is 14.4 Å². The van der Waals surface area contributed by atoms with Gasteiger partial charge in [-0.25, -0.2) is 4.79 Å². The second-order valence-electron chi connectivity index (χ2n) is 8.25. The molecule has 2 heterocycles. The highest BCUT2D eigenvalue weighted by molar-refractivity contribution is 6.35. The number of nitrogens with zero attached hydrogens (tertiary/aromatic N) is 1. The number of carbonyl (C=O) groups is 3. The molecule has 174 valence electrons. The Labute approximate surface area is 197 Å². The number of rotatable bonds is 7. The number of urea groups is 1. The van der Waals surface area contributed by atoms with Gasteiger partial charge in [0.25, 0.3) is 11.8 Å². The number of hydrogen-bond acceptors (Lipinski definition) is 4. The van der Waals surface area contributed by atoms with E-state index in [9.17, 15) is 14.4 Å². The van der Waals surface area contributed by atoms with E-state index in [0.29, 0.717) is 34.6 Å². The summed E-state index contributed by atoms with van der Waals surface area (Å²) in [6.07, 6.45) is 3.57. The third kappa shape index (κ3) is 5.16. The lowest BCUT2D eigenvalue weighted by atomic mass is 10.0. The molecule has 6 N–H and O–H groups in total. The summed E-state index contributed by atoms with van der Waals surface area (Å²) < 4.78 is 0. The number of fused-ring (bicyclic) bond motifs is 1. The zero-order valence-corrected chi connectivity index (χ0v) is 18.9. The summed E-state index contributed by atoms with van der Waals surface area (Å²) in [5.41, 5.74) is 10.6. The molecule has 1 aliphatic rings. The SMILES string of the molecule is CN(C)CCNC(=O)c1cccc(-c2c[nH]c(/C=C3\C(=O)Nc4ccc(NC(N)=O)cc43)c2)c1. The number of aromatic nitrogens is 1. The molecule has 0 fully saturated rings. The molecule has 1 aromatic heterocycles. The molecule has 0 radical (unpaired) electrons. The molecular formula is C25H26N6O3. The minimum absolute atomic E-state index is 0.124. The predicted octanol–water partition coefficient (Wildman–Crippen LogP) is 2.96. The average Bonchev–Trinajstić information content (AvgIpc) is 3.38. The van der Waals surface area contributed by atoms with Gasteiger partial charge in [-0.3, -0.25) is 9.59 Å². The molecule has 9 nitrogen and oxygen atoms in total. The van der Waals surface area contributed by atoms with E-state index >= 15 is 0 Å². The monoisotopic (exact) mass is 458 g/mol. The number of aromatic amines is 1. The minimum atomic E-state index is -0.676. The molecule has 4 rings (SSSR count). The Hall–Kier alpha value is -4.37. The molecule has 3 aromatic rings. The van der Waals surface area contributed by atoms with Gasteiger partial charge in [0.2, 0.25) is 0 Å². The maximum Gasteiger partial charge on any atom is 0.316 e. The van der Waals surface area contributed by atoms with Crippen molar-refractivity contribution in [3.8, 4) is 11.1 Å². The largest absolute Gasteiger partial charge is 0.361 e. The van der Waals surface area contributed by atoms with Crippen LogP contribution in [0.4, 0.5) is 16.2 Å². The molecular weight excluding hydrogens is 432 g/mol. The Morgan fingerprint density at radius 1 is 1.09 bits per heavy atom. The van der Waals surface area contributed by atoms with E-state index in [4.69, 9.17) is 5.73 Å². The first-order valence-corrected chi connectivity index (χ1v) is 10.8. The third-order valence-corrected chi connectivity index (χ3v) is 5.38. The van der Waals surface area contributed by atoms with Gasteiger partial charge in [-0.15, -0.1) is 0 Å². The Morgan fingerprint density at radius 3 is 2.68 bits per heavy atom. The van der Waals surface area contributed by atoms with Crippen LogP contribution in [-0.2, 0) is 4.79 Å². The van der Waals surface area contributed by atoms with E-state index in [-0.39, 0.29) is 11.8 Å². The molecule has 0 aliphatic carbocycles. The molecule has 1 aliphatic heterocycles. The smallest absolute Gasteiger partial charge is 0.316 e. The summed E-state index contributed by atoms with van der Waals surface area (Å²) in [6.45, 7) is 1.33. The van der Waals surface area contributed by atoms with E-state index < -0.39 is 6.03 Å². The number of nitrogens with two attached hydrogens (primary N) is 1. The quantitative estimate of drug-likeness (QED) is 0.348. The highest BCUT2D eigenvalue weighted by Crippen LogP contribution is 2.35. The highest BCUT2D eigenvalue weighted by atomic mass is 16.2.